The number of halogens is 1. The predicted octanol–water partition coefficient (Wildman–Crippen LogP) is 3.26. The van der Waals surface area contributed by atoms with Gasteiger partial charge in [-0.2, -0.15) is 0 Å². The Morgan fingerprint density at radius 1 is 1.30 bits per heavy atom. The number of nitro groups is 1. The minimum atomic E-state index is -3.80. The number of sulfonamides is 1. The van der Waals surface area contributed by atoms with E-state index in [4.69, 9.17) is 0 Å². The van der Waals surface area contributed by atoms with E-state index in [-0.39, 0.29) is 22.8 Å². The molecule has 0 spiro atoms. The van der Waals surface area contributed by atoms with E-state index in [9.17, 15) is 18.5 Å². The van der Waals surface area contributed by atoms with E-state index in [0.29, 0.717) is 13.0 Å². The predicted molar refractivity (Wildman–Crippen MR) is 111 cm³/mol. The van der Waals surface area contributed by atoms with Crippen LogP contribution in [0.4, 0.5) is 11.4 Å². The first kappa shape index (κ1) is 21.8. The number of nitrogens with zero attached hydrogens (tertiary/aromatic N) is 2. The Kier molecular flexibility index (Phi) is 7.74. The summed E-state index contributed by atoms with van der Waals surface area (Å²) in [4.78, 5) is 13.6. The van der Waals surface area contributed by atoms with Gasteiger partial charge in [-0.05, 0) is 61.2 Å². The zero-order valence-electron chi connectivity index (χ0n) is 14.9. The molecule has 2 aromatic rings. The highest BCUT2D eigenvalue weighted by molar-refractivity contribution is 9.10. The summed E-state index contributed by atoms with van der Waals surface area (Å²) in [7, 11) is 0.00287. The molecule has 0 aliphatic rings. The van der Waals surface area contributed by atoms with Crippen LogP contribution in [-0.2, 0) is 16.6 Å². The second-order valence-electron chi connectivity index (χ2n) is 6.08. The molecule has 1 aromatic carbocycles. The van der Waals surface area contributed by atoms with Crippen molar-refractivity contribution in [3.05, 3.63) is 49.1 Å². The molecule has 2 rings (SSSR count). The van der Waals surface area contributed by atoms with Crippen LogP contribution in [0.25, 0.3) is 0 Å². The van der Waals surface area contributed by atoms with Gasteiger partial charge in [0.05, 0.1) is 9.82 Å². The van der Waals surface area contributed by atoms with Gasteiger partial charge in [-0.3, -0.25) is 10.1 Å². The number of hydrogen-bond acceptors (Lipinski definition) is 7. The van der Waals surface area contributed by atoms with Crippen LogP contribution in [0.15, 0.2) is 39.0 Å². The molecule has 0 aliphatic heterocycles. The van der Waals surface area contributed by atoms with E-state index in [1.807, 2.05) is 30.4 Å². The Labute approximate surface area is 170 Å². The molecule has 8 nitrogen and oxygen atoms in total. The minimum Gasteiger partial charge on any atom is -0.375 e. The summed E-state index contributed by atoms with van der Waals surface area (Å²) in [6.45, 7) is 1.41. The molecule has 0 aliphatic carbocycles. The molecule has 0 bridgehead atoms. The lowest BCUT2D eigenvalue weighted by Crippen LogP contribution is -2.27. The number of nitrogens with one attached hydrogen (secondary N) is 2. The molecular formula is C16H21BrN4O4S2. The average molecular weight is 477 g/mol. The van der Waals surface area contributed by atoms with E-state index in [1.165, 1.54) is 23.5 Å². The van der Waals surface area contributed by atoms with Gasteiger partial charge in [0.15, 0.2) is 0 Å². The van der Waals surface area contributed by atoms with E-state index < -0.39 is 14.9 Å². The SMILES string of the molecule is CN(C)CCCNS(=O)(=O)c1ccc(NCc2cc(Br)cs2)c([N+](=O)[O-])c1. The fourth-order valence-corrected chi connectivity index (χ4v) is 4.78. The highest BCUT2D eigenvalue weighted by Crippen LogP contribution is 2.29. The smallest absolute Gasteiger partial charge is 0.293 e. The molecule has 1 aromatic heterocycles. The van der Waals surface area contributed by atoms with Gasteiger partial charge in [-0.15, -0.1) is 11.3 Å². The first-order valence-corrected chi connectivity index (χ1v) is 11.2. The highest BCUT2D eigenvalue weighted by Gasteiger charge is 2.21. The van der Waals surface area contributed by atoms with Gasteiger partial charge < -0.3 is 10.2 Å². The average Bonchev–Trinajstić information content (AvgIpc) is 3.02. The molecule has 0 saturated carbocycles. The molecule has 27 heavy (non-hydrogen) atoms. The van der Waals surface area contributed by atoms with Crippen molar-refractivity contribution in [2.75, 3.05) is 32.5 Å². The van der Waals surface area contributed by atoms with Gasteiger partial charge in [-0.1, -0.05) is 0 Å². The topological polar surface area (TPSA) is 105 Å². The van der Waals surface area contributed by atoms with Crippen LogP contribution < -0.4 is 10.0 Å². The Balaban J connectivity index is 2.12. The number of hydrogen-bond donors (Lipinski definition) is 2. The van der Waals surface area contributed by atoms with E-state index in [1.54, 1.807) is 0 Å². The molecule has 2 N–H and O–H groups in total. The van der Waals surface area contributed by atoms with Crippen LogP contribution in [0.2, 0.25) is 0 Å². The Hall–Kier alpha value is -1.53. The molecule has 0 amide bonds. The van der Waals surface area contributed by atoms with Crippen LogP contribution in [0.1, 0.15) is 11.3 Å². The Morgan fingerprint density at radius 3 is 2.63 bits per heavy atom. The van der Waals surface area contributed by atoms with Crippen LogP contribution in [0.3, 0.4) is 0 Å². The minimum absolute atomic E-state index is 0.122. The zero-order chi connectivity index (χ0) is 20.0. The third-order valence-electron chi connectivity index (χ3n) is 3.63. The second kappa shape index (κ2) is 9.60. The lowest BCUT2D eigenvalue weighted by Gasteiger charge is -2.11. The summed E-state index contributed by atoms with van der Waals surface area (Å²) in [5, 5.41) is 16.3. The first-order chi connectivity index (χ1) is 12.7. The highest BCUT2D eigenvalue weighted by atomic mass is 79.9. The Morgan fingerprint density at radius 2 is 2.04 bits per heavy atom. The fourth-order valence-electron chi connectivity index (χ4n) is 2.29. The second-order valence-corrected chi connectivity index (χ2v) is 9.75. The molecule has 0 fully saturated rings. The third-order valence-corrected chi connectivity index (χ3v) is 6.78. The van der Waals surface area contributed by atoms with Crippen molar-refractivity contribution in [2.45, 2.75) is 17.9 Å². The lowest BCUT2D eigenvalue weighted by molar-refractivity contribution is -0.384. The van der Waals surface area contributed by atoms with E-state index in [2.05, 4.69) is 26.0 Å². The maximum Gasteiger partial charge on any atom is 0.293 e. The largest absolute Gasteiger partial charge is 0.375 e. The van der Waals surface area contributed by atoms with Gasteiger partial charge >= 0.3 is 0 Å². The summed E-state index contributed by atoms with van der Waals surface area (Å²) < 4.78 is 28.2. The molecule has 0 unspecified atom stereocenters. The van der Waals surface area contributed by atoms with E-state index >= 15 is 0 Å². The van der Waals surface area contributed by atoms with Crippen molar-refractivity contribution in [2.24, 2.45) is 0 Å². The van der Waals surface area contributed by atoms with Crippen molar-refractivity contribution in [1.29, 1.82) is 0 Å². The van der Waals surface area contributed by atoms with E-state index in [0.717, 1.165) is 22.0 Å². The fraction of sp³-hybridized carbons (Fsp3) is 0.375. The molecule has 11 heteroatoms. The summed E-state index contributed by atoms with van der Waals surface area (Å²) in [5.41, 5.74) is -0.00197. The normalized spacial score (nSPS) is 11.7. The van der Waals surface area contributed by atoms with Gasteiger partial charge in [0.1, 0.15) is 5.69 Å². The summed E-state index contributed by atoms with van der Waals surface area (Å²) in [5.74, 6) is 0. The van der Waals surface area contributed by atoms with Crippen molar-refractivity contribution >= 4 is 48.7 Å². The number of benzene rings is 1. The number of rotatable bonds is 10. The lowest BCUT2D eigenvalue weighted by atomic mass is 10.2. The van der Waals surface area contributed by atoms with Crippen molar-refractivity contribution < 1.29 is 13.3 Å². The molecule has 0 atom stereocenters. The quantitative estimate of drug-likeness (QED) is 0.309. The number of anilines is 1. The maximum absolute atomic E-state index is 12.4. The number of nitro benzene ring substituents is 1. The molecule has 0 radical (unpaired) electrons. The molecule has 0 saturated heterocycles. The van der Waals surface area contributed by atoms with Crippen LogP contribution in [0, 0.1) is 10.1 Å². The third kappa shape index (κ3) is 6.54. The molecular weight excluding hydrogens is 456 g/mol. The maximum atomic E-state index is 12.4. The summed E-state index contributed by atoms with van der Waals surface area (Å²) in [6.07, 6.45) is 0.643. The first-order valence-electron chi connectivity index (χ1n) is 8.08. The van der Waals surface area contributed by atoms with Crippen LogP contribution >= 0.6 is 27.3 Å². The van der Waals surface area contributed by atoms with Crippen LogP contribution in [-0.4, -0.2) is 45.4 Å². The number of thiophene rings is 1. The zero-order valence-corrected chi connectivity index (χ0v) is 18.2. The van der Waals surface area contributed by atoms with Gasteiger partial charge in [0.25, 0.3) is 5.69 Å². The van der Waals surface area contributed by atoms with Crippen LogP contribution in [0.5, 0.6) is 0 Å². The molecule has 148 valence electrons. The van der Waals surface area contributed by atoms with Gasteiger partial charge in [-0.25, -0.2) is 13.1 Å². The monoisotopic (exact) mass is 476 g/mol. The molecule has 1 heterocycles. The van der Waals surface area contributed by atoms with Crippen molar-refractivity contribution in [1.82, 2.24) is 9.62 Å². The summed E-state index contributed by atoms with van der Waals surface area (Å²) >= 11 is 4.87. The van der Waals surface area contributed by atoms with Gasteiger partial charge in [0, 0.05) is 33.9 Å². The summed E-state index contributed by atoms with van der Waals surface area (Å²) in [6, 6.07) is 5.80. The van der Waals surface area contributed by atoms with Gasteiger partial charge in [0.2, 0.25) is 10.0 Å². The standard InChI is InChI=1S/C16H21BrN4O4S2/c1-20(2)7-3-6-19-27(24,25)14-4-5-15(16(9-14)21(22)23)18-10-13-8-12(17)11-26-13/h4-5,8-9,11,18-19H,3,6-7,10H2,1-2H3. The Bertz CT molecular complexity index is 900. The van der Waals surface area contributed by atoms with Crippen molar-refractivity contribution in [3.63, 3.8) is 0 Å². The van der Waals surface area contributed by atoms with Crippen molar-refractivity contribution in [3.8, 4) is 0 Å².